The zero-order valence-electron chi connectivity index (χ0n) is 18.5. The van der Waals surface area contributed by atoms with Crippen molar-refractivity contribution in [2.75, 3.05) is 6.61 Å². The van der Waals surface area contributed by atoms with E-state index in [4.69, 9.17) is 21.1 Å². The fourth-order valence-electron chi connectivity index (χ4n) is 3.77. The van der Waals surface area contributed by atoms with Gasteiger partial charge in [-0.05, 0) is 42.3 Å². The molecule has 35 heavy (non-hydrogen) atoms. The van der Waals surface area contributed by atoms with Gasteiger partial charge in [0.2, 0.25) is 0 Å². The molecule has 0 bridgehead atoms. The lowest BCUT2D eigenvalue weighted by Gasteiger charge is -2.14. The van der Waals surface area contributed by atoms with E-state index in [-0.39, 0.29) is 42.3 Å². The number of ether oxygens (including phenoxy) is 2. The lowest BCUT2D eigenvalue weighted by Crippen LogP contribution is -2.14. The maximum absolute atomic E-state index is 15.3. The maximum atomic E-state index is 15.3. The third kappa shape index (κ3) is 5.43. The molecule has 0 saturated carbocycles. The number of benzene rings is 3. The number of hydrogen-bond acceptors (Lipinski definition) is 3. The minimum atomic E-state index is -4.66. The number of nitrogens with zero attached hydrogens (tertiary/aromatic N) is 1. The smallest absolute Gasteiger partial charge is 0.417 e. The zero-order chi connectivity index (χ0) is 25.2. The molecule has 0 saturated heterocycles. The van der Waals surface area contributed by atoms with E-state index in [2.05, 4.69) is 0 Å². The molecule has 0 atom stereocenters. The SMILES string of the molecule is CCOC(=O)c1cc2cc(OCc3ccccc3)cc(F)c2n1Cc1ccc(Cl)c(C(F)(F)F)c1. The van der Waals surface area contributed by atoms with Crippen molar-refractivity contribution in [3.63, 3.8) is 0 Å². The predicted octanol–water partition coefficient (Wildman–Crippen LogP) is 7.26. The highest BCUT2D eigenvalue weighted by Crippen LogP contribution is 2.36. The van der Waals surface area contributed by atoms with Crippen molar-refractivity contribution in [2.24, 2.45) is 0 Å². The highest BCUT2D eigenvalue weighted by molar-refractivity contribution is 6.31. The summed E-state index contributed by atoms with van der Waals surface area (Å²) in [5.41, 5.74) is 0.116. The first-order valence-corrected chi connectivity index (χ1v) is 11.1. The lowest BCUT2D eigenvalue weighted by molar-refractivity contribution is -0.137. The Balaban J connectivity index is 1.75. The number of fused-ring (bicyclic) bond motifs is 1. The molecule has 1 heterocycles. The quantitative estimate of drug-likeness (QED) is 0.196. The molecule has 3 aromatic carbocycles. The van der Waals surface area contributed by atoms with Crippen molar-refractivity contribution in [3.05, 3.63) is 100.0 Å². The molecular formula is C26H20ClF4NO3. The molecule has 4 rings (SSSR count). The normalized spacial score (nSPS) is 11.6. The van der Waals surface area contributed by atoms with E-state index in [1.165, 1.54) is 22.8 Å². The average Bonchev–Trinajstić information content (AvgIpc) is 3.18. The Morgan fingerprint density at radius 1 is 1.00 bits per heavy atom. The molecule has 1 aromatic heterocycles. The third-order valence-electron chi connectivity index (χ3n) is 5.33. The van der Waals surface area contributed by atoms with Gasteiger partial charge in [0.15, 0.2) is 5.82 Å². The Morgan fingerprint density at radius 3 is 2.43 bits per heavy atom. The summed E-state index contributed by atoms with van der Waals surface area (Å²) >= 11 is 5.72. The van der Waals surface area contributed by atoms with Gasteiger partial charge in [0, 0.05) is 18.0 Å². The molecule has 0 radical (unpaired) electrons. The van der Waals surface area contributed by atoms with E-state index in [0.29, 0.717) is 5.39 Å². The summed E-state index contributed by atoms with van der Waals surface area (Å²) in [6, 6.07) is 16.9. The van der Waals surface area contributed by atoms with Gasteiger partial charge in [-0.2, -0.15) is 13.2 Å². The number of hydrogen-bond donors (Lipinski definition) is 0. The van der Waals surface area contributed by atoms with Crippen LogP contribution in [-0.4, -0.2) is 17.1 Å². The Kier molecular flexibility index (Phi) is 7.03. The van der Waals surface area contributed by atoms with Crippen LogP contribution in [0.25, 0.3) is 10.9 Å². The van der Waals surface area contributed by atoms with E-state index in [1.54, 1.807) is 13.0 Å². The van der Waals surface area contributed by atoms with Crippen LogP contribution < -0.4 is 4.74 Å². The van der Waals surface area contributed by atoms with Crippen LogP contribution >= 0.6 is 11.6 Å². The van der Waals surface area contributed by atoms with Gasteiger partial charge in [-0.3, -0.25) is 0 Å². The minimum absolute atomic E-state index is 0.00414. The van der Waals surface area contributed by atoms with E-state index in [9.17, 15) is 18.0 Å². The Labute approximate surface area is 203 Å². The summed E-state index contributed by atoms with van der Waals surface area (Å²) in [7, 11) is 0. The highest BCUT2D eigenvalue weighted by atomic mass is 35.5. The van der Waals surface area contributed by atoms with Gasteiger partial charge in [0.1, 0.15) is 18.1 Å². The molecule has 9 heteroatoms. The Morgan fingerprint density at radius 2 is 1.74 bits per heavy atom. The van der Waals surface area contributed by atoms with E-state index < -0.39 is 28.5 Å². The standard InChI is InChI=1S/C26H20ClF4NO3/c1-2-34-25(33)23-12-18-11-19(35-15-16-6-4-3-5-7-16)13-22(28)24(18)32(23)14-17-8-9-21(27)20(10-17)26(29,30)31/h3-13H,2,14-15H2,1H3. The summed E-state index contributed by atoms with van der Waals surface area (Å²) < 4.78 is 67.4. The van der Waals surface area contributed by atoms with Gasteiger partial charge in [-0.1, -0.05) is 48.0 Å². The minimum Gasteiger partial charge on any atom is -0.489 e. The second-order valence-electron chi connectivity index (χ2n) is 7.77. The first-order chi connectivity index (χ1) is 16.7. The van der Waals surface area contributed by atoms with E-state index in [0.717, 1.165) is 17.7 Å². The van der Waals surface area contributed by atoms with Crippen LogP contribution in [0.1, 0.15) is 34.1 Å². The summed E-state index contributed by atoms with van der Waals surface area (Å²) in [6.07, 6.45) is -4.66. The third-order valence-corrected chi connectivity index (χ3v) is 5.66. The Hall–Kier alpha value is -3.52. The molecule has 0 amide bonds. The van der Waals surface area contributed by atoms with Gasteiger partial charge in [-0.15, -0.1) is 0 Å². The molecule has 182 valence electrons. The zero-order valence-corrected chi connectivity index (χ0v) is 19.3. The Bertz CT molecular complexity index is 1370. The average molecular weight is 506 g/mol. The largest absolute Gasteiger partial charge is 0.489 e. The van der Waals surface area contributed by atoms with E-state index in [1.807, 2.05) is 30.3 Å². The van der Waals surface area contributed by atoms with Crippen molar-refractivity contribution in [3.8, 4) is 5.75 Å². The van der Waals surface area contributed by atoms with Crippen LogP contribution in [0.2, 0.25) is 5.02 Å². The molecule has 0 fully saturated rings. The number of esters is 1. The van der Waals surface area contributed by atoms with Crippen molar-refractivity contribution >= 4 is 28.5 Å². The first-order valence-electron chi connectivity index (χ1n) is 10.7. The molecular weight excluding hydrogens is 486 g/mol. The van der Waals surface area contributed by atoms with Crippen LogP contribution in [0.5, 0.6) is 5.75 Å². The van der Waals surface area contributed by atoms with Crippen LogP contribution in [-0.2, 0) is 24.1 Å². The number of halogens is 5. The maximum Gasteiger partial charge on any atom is 0.417 e. The number of aromatic nitrogens is 1. The molecule has 0 aliphatic carbocycles. The topological polar surface area (TPSA) is 40.5 Å². The van der Waals surface area contributed by atoms with Gasteiger partial charge >= 0.3 is 12.1 Å². The van der Waals surface area contributed by atoms with Crippen LogP contribution in [0, 0.1) is 5.82 Å². The molecule has 0 spiro atoms. The monoisotopic (exact) mass is 505 g/mol. The van der Waals surface area contributed by atoms with Crippen molar-refractivity contribution in [2.45, 2.75) is 26.3 Å². The number of carbonyl (C=O) groups is 1. The number of rotatable bonds is 7. The summed E-state index contributed by atoms with van der Waals surface area (Å²) in [5, 5.41) is -0.100. The van der Waals surface area contributed by atoms with Gasteiger partial charge in [-0.25, -0.2) is 9.18 Å². The molecule has 4 nitrogen and oxygen atoms in total. The number of alkyl halides is 3. The highest BCUT2D eigenvalue weighted by Gasteiger charge is 2.33. The van der Waals surface area contributed by atoms with Gasteiger partial charge in [0.25, 0.3) is 0 Å². The van der Waals surface area contributed by atoms with Crippen molar-refractivity contribution < 1.29 is 31.8 Å². The summed E-state index contributed by atoms with van der Waals surface area (Å²) in [4.78, 5) is 12.6. The summed E-state index contributed by atoms with van der Waals surface area (Å²) in [5.74, 6) is -1.16. The van der Waals surface area contributed by atoms with Crippen LogP contribution in [0.3, 0.4) is 0 Å². The number of carbonyl (C=O) groups excluding carboxylic acids is 1. The molecule has 0 unspecified atom stereocenters. The first kappa shape index (κ1) is 24.6. The second kappa shape index (κ2) is 10.00. The molecule has 4 aromatic rings. The molecule has 0 N–H and O–H groups in total. The van der Waals surface area contributed by atoms with Crippen molar-refractivity contribution in [1.29, 1.82) is 0 Å². The second-order valence-corrected chi connectivity index (χ2v) is 8.17. The van der Waals surface area contributed by atoms with Gasteiger partial charge < -0.3 is 14.0 Å². The van der Waals surface area contributed by atoms with Crippen LogP contribution in [0.4, 0.5) is 17.6 Å². The van der Waals surface area contributed by atoms with Gasteiger partial charge in [0.05, 0.1) is 22.7 Å². The molecule has 0 aliphatic heterocycles. The van der Waals surface area contributed by atoms with Crippen LogP contribution in [0.15, 0.2) is 66.7 Å². The molecule has 0 aliphatic rings. The fourth-order valence-corrected chi connectivity index (χ4v) is 3.99. The van der Waals surface area contributed by atoms with Crippen molar-refractivity contribution in [1.82, 2.24) is 4.57 Å². The lowest BCUT2D eigenvalue weighted by atomic mass is 10.1. The fraction of sp³-hybridized carbons (Fsp3) is 0.192. The van der Waals surface area contributed by atoms with E-state index >= 15 is 4.39 Å². The summed E-state index contributed by atoms with van der Waals surface area (Å²) in [6.45, 7) is 1.70. The predicted molar refractivity (Wildman–Crippen MR) is 124 cm³/mol.